The number of nitrogens with two attached hydrogens (primary N) is 1. The summed E-state index contributed by atoms with van der Waals surface area (Å²) in [7, 11) is 0. The summed E-state index contributed by atoms with van der Waals surface area (Å²) in [6.07, 6.45) is 1.92. The van der Waals surface area contributed by atoms with E-state index in [9.17, 15) is 4.79 Å². The van der Waals surface area contributed by atoms with Gasteiger partial charge in [0.15, 0.2) is 11.5 Å². The lowest BCUT2D eigenvalue weighted by Gasteiger charge is -2.37. The van der Waals surface area contributed by atoms with Gasteiger partial charge in [0, 0.05) is 35.8 Å². The largest absolute Gasteiger partial charge is 0.355 e. The Balaban J connectivity index is 0.00000208. The van der Waals surface area contributed by atoms with Crippen LogP contribution < -0.4 is 5.73 Å². The molecule has 2 N–H and O–H groups in total. The highest BCUT2D eigenvalue weighted by molar-refractivity contribution is 6.30. The number of carbonyl (C=O) groups is 1. The fourth-order valence-electron chi connectivity index (χ4n) is 3.02. The van der Waals surface area contributed by atoms with Crippen molar-refractivity contribution in [2.45, 2.75) is 25.8 Å². The third kappa shape index (κ3) is 3.91. The lowest BCUT2D eigenvalue weighted by Crippen LogP contribution is -2.49. The molecule has 2 aromatic rings. The van der Waals surface area contributed by atoms with E-state index in [0.29, 0.717) is 35.5 Å². The summed E-state index contributed by atoms with van der Waals surface area (Å²) < 4.78 is 5.32. The predicted octanol–water partition coefficient (Wildman–Crippen LogP) is 3.62. The molecule has 1 aliphatic rings. The second kappa shape index (κ2) is 8.01. The molecule has 5 nitrogen and oxygen atoms in total. The van der Waals surface area contributed by atoms with Crippen molar-refractivity contribution in [2.75, 3.05) is 13.1 Å². The first-order valence-electron chi connectivity index (χ1n) is 7.82. The molecule has 24 heavy (non-hydrogen) atoms. The summed E-state index contributed by atoms with van der Waals surface area (Å²) in [5.74, 6) is 1.03. The van der Waals surface area contributed by atoms with Crippen molar-refractivity contribution >= 4 is 29.9 Å². The molecule has 0 saturated carbocycles. The first kappa shape index (κ1) is 18.8. The highest BCUT2D eigenvalue weighted by atomic mass is 35.5. The molecule has 1 saturated heterocycles. The molecule has 2 atom stereocenters. The second-order valence-corrected chi connectivity index (χ2v) is 6.54. The summed E-state index contributed by atoms with van der Waals surface area (Å²) in [5, 5.41) is 4.59. The van der Waals surface area contributed by atoms with E-state index in [2.05, 4.69) is 12.1 Å². The maximum absolute atomic E-state index is 12.7. The fraction of sp³-hybridized carbons (Fsp3) is 0.412. The first-order valence-corrected chi connectivity index (χ1v) is 8.20. The molecule has 3 rings (SSSR count). The minimum absolute atomic E-state index is 0. The summed E-state index contributed by atoms with van der Waals surface area (Å²) in [4.78, 5) is 14.5. The summed E-state index contributed by atoms with van der Waals surface area (Å²) in [5.41, 5.74) is 6.99. The first-order chi connectivity index (χ1) is 11.1. The van der Waals surface area contributed by atoms with E-state index < -0.39 is 0 Å². The van der Waals surface area contributed by atoms with Gasteiger partial charge in [-0.25, -0.2) is 0 Å². The molecule has 0 bridgehead atoms. The SMILES string of the molecule is CC1CCN(C(=O)c2cc(-c3ccc(Cl)cc3)on2)C(CN)C1.Cl. The van der Waals surface area contributed by atoms with Crippen LogP contribution in [0.4, 0.5) is 0 Å². The van der Waals surface area contributed by atoms with Crippen molar-refractivity contribution in [1.82, 2.24) is 10.1 Å². The van der Waals surface area contributed by atoms with E-state index in [4.69, 9.17) is 21.9 Å². The summed E-state index contributed by atoms with van der Waals surface area (Å²) >= 11 is 5.88. The highest BCUT2D eigenvalue weighted by Gasteiger charge is 2.31. The van der Waals surface area contributed by atoms with Gasteiger partial charge in [-0.1, -0.05) is 23.7 Å². The van der Waals surface area contributed by atoms with E-state index in [-0.39, 0.29) is 24.4 Å². The monoisotopic (exact) mass is 369 g/mol. The number of hydrogen-bond acceptors (Lipinski definition) is 4. The second-order valence-electron chi connectivity index (χ2n) is 6.10. The van der Waals surface area contributed by atoms with Crippen LogP contribution in [0.5, 0.6) is 0 Å². The standard InChI is InChI=1S/C17H20ClN3O2.ClH/c1-11-6-7-21(14(8-11)10-19)17(22)15-9-16(23-20-15)12-2-4-13(18)5-3-12;/h2-5,9,11,14H,6-8,10,19H2,1H3;1H. The number of hydrogen-bond donors (Lipinski definition) is 1. The Kier molecular flexibility index (Phi) is 6.27. The van der Waals surface area contributed by atoms with E-state index in [1.165, 1.54) is 0 Å². The van der Waals surface area contributed by atoms with Gasteiger partial charge in [-0.2, -0.15) is 0 Å². The average molecular weight is 370 g/mol. The number of nitrogens with zero attached hydrogens (tertiary/aromatic N) is 2. The number of likely N-dealkylation sites (tertiary alicyclic amines) is 1. The molecular weight excluding hydrogens is 349 g/mol. The van der Waals surface area contributed by atoms with Gasteiger partial charge in [-0.05, 0) is 43.0 Å². The van der Waals surface area contributed by atoms with Crippen LogP contribution in [0.3, 0.4) is 0 Å². The molecule has 1 amide bonds. The molecule has 130 valence electrons. The fourth-order valence-corrected chi connectivity index (χ4v) is 3.14. The zero-order valence-corrected chi connectivity index (χ0v) is 15.0. The van der Waals surface area contributed by atoms with Crippen LogP contribution in [0.25, 0.3) is 11.3 Å². The number of amides is 1. The van der Waals surface area contributed by atoms with Gasteiger partial charge in [0.25, 0.3) is 5.91 Å². The maximum atomic E-state index is 12.7. The van der Waals surface area contributed by atoms with Crippen molar-refractivity contribution in [2.24, 2.45) is 11.7 Å². The Morgan fingerprint density at radius 1 is 1.42 bits per heavy atom. The van der Waals surface area contributed by atoms with Crippen molar-refractivity contribution in [3.8, 4) is 11.3 Å². The number of piperidine rings is 1. The molecule has 1 aromatic carbocycles. The third-order valence-corrected chi connectivity index (χ3v) is 4.62. The van der Waals surface area contributed by atoms with E-state index in [0.717, 1.165) is 18.4 Å². The zero-order chi connectivity index (χ0) is 16.4. The minimum Gasteiger partial charge on any atom is -0.355 e. The number of benzene rings is 1. The molecule has 2 unspecified atom stereocenters. The van der Waals surface area contributed by atoms with Gasteiger partial charge < -0.3 is 15.2 Å². The maximum Gasteiger partial charge on any atom is 0.276 e. The molecule has 1 aromatic heterocycles. The van der Waals surface area contributed by atoms with Crippen LogP contribution in [-0.2, 0) is 0 Å². The highest BCUT2D eigenvalue weighted by Crippen LogP contribution is 2.26. The van der Waals surface area contributed by atoms with Crippen LogP contribution >= 0.6 is 24.0 Å². The lowest BCUT2D eigenvalue weighted by molar-refractivity contribution is 0.0563. The van der Waals surface area contributed by atoms with Gasteiger partial charge >= 0.3 is 0 Å². The van der Waals surface area contributed by atoms with E-state index >= 15 is 0 Å². The van der Waals surface area contributed by atoms with Crippen LogP contribution in [0, 0.1) is 5.92 Å². The quantitative estimate of drug-likeness (QED) is 0.896. The predicted molar refractivity (Wildman–Crippen MR) is 96.5 cm³/mol. The van der Waals surface area contributed by atoms with Gasteiger partial charge in [-0.3, -0.25) is 4.79 Å². The van der Waals surface area contributed by atoms with E-state index in [1.54, 1.807) is 18.2 Å². The Labute approximate surface area is 152 Å². The Hall–Kier alpha value is -1.56. The zero-order valence-electron chi connectivity index (χ0n) is 13.4. The van der Waals surface area contributed by atoms with Crippen LogP contribution in [-0.4, -0.2) is 35.1 Å². The van der Waals surface area contributed by atoms with Crippen molar-refractivity contribution < 1.29 is 9.32 Å². The van der Waals surface area contributed by atoms with Crippen LogP contribution in [0.1, 0.15) is 30.3 Å². The number of carbonyl (C=O) groups excluding carboxylic acids is 1. The summed E-state index contributed by atoms with van der Waals surface area (Å²) in [6.45, 7) is 3.38. The smallest absolute Gasteiger partial charge is 0.276 e. The Bertz CT molecular complexity index is 687. The molecule has 0 aliphatic carbocycles. The number of rotatable bonds is 3. The molecular formula is C17H21Cl2N3O2. The number of halogens is 2. The van der Waals surface area contributed by atoms with Crippen molar-refractivity contribution in [1.29, 1.82) is 0 Å². The van der Waals surface area contributed by atoms with Crippen molar-refractivity contribution in [3.05, 3.63) is 41.0 Å². The Morgan fingerprint density at radius 2 is 2.12 bits per heavy atom. The normalized spacial score (nSPS) is 20.5. The third-order valence-electron chi connectivity index (χ3n) is 4.37. The van der Waals surface area contributed by atoms with Crippen LogP contribution in [0.2, 0.25) is 5.02 Å². The topological polar surface area (TPSA) is 72.4 Å². The molecule has 1 aliphatic heterocycles. The van der Waals surface area contributed by atoms with E-state index in [1.807, 2.05) is 17.0 Å². The molecule has 7 heteroatoms. The molecule has 1 fully saturated rings. The Morgan fingerprint density at radius 3 is 2.79 bits per heavy atom. The van der Waals surface area contributed by atoms with Gasteiger partial charge in [-0.15, -0.1) is 12.4 Å². The number of aromatic nitrogens is 1. The van der Waals surface area contributed by atoms with Gasteiger partial charge in [0.2, 0.25) is 0 Å². The average Bonchev–Trinajstić information content (AvgIpc) is 3.04. The molecule has 0 spiro atoms. The lowest BCUT2D eigenvalue weighted by atomic mass is 9.92. The molecule has 0 radical (unpaired) electrons. The van der Waals surface area contributed by atoms with Crippen LogP contribution in [0.15, 0.2) is 34.9 Å². The summed E-state index contributed by atoms with van der Waals surface area (Å²) in [6, 6.07) is 8.97. The minimum atomic E-state index is -0.115. The van der Waals surface area contributed by atoms with Crippen molar-refractivity contribution in [3.63, 3.8) is 0 Å². The van der Waals surface area contributed by atoms with Gasteiger partial charge in [0.1, 0.15) is 0 Å². The molecule has 2 heterocycles. The van der Waals surface area contributed by atoms with Gasteiger partial charge in [0.05, 0.1) is 0 Å².